The molecule has 3 aromatic carbocycles. The van der Waals surface area contributed by atoms with Gasteiger partial charge in [-0.25, -0.2) is 10.4 Å². The normalized spacial score (nSPS) is 17.5. The Morgan fingerprint density at radius 3 is 2.62 bits per heavy atom. The van der Waals surface area contributed by atoms with Crippen LogP contribution in [0.2, 0.25) is 0 Å². The third kappa shape index (κ3) is 7.55. The van der Waals surface area contributed by atoms with Gasteiger partial charge in [0.1, 0.15) is 5.75 Å². The van der Waals surface area contributed by atoms with Crippen molar-refractivity contribution in [3.63, 3.8) is 0 Å². The number of aliphatic hydroxyl groups excluding tert-OH is 1. The highest BCUT2D eigenvalue weighted by atomic mass is 16.5. The Morgan fingerprint density at radius 1 is 1.12 bits per heavy atom. The number of carbonyl (C=O) groups is 1. The van der Waals surface area contributed by atoms with E-state index in [2.05, 4.69) is 39.6 Å². The third-order valence-electron chi connectivity index (χ3n) is 6.94. The van der Waals surface area contributed by atoms with Crippen molar-refractivity contribution >= 4 is 11.8 Å². The van der Waals surface area contributed by atoms with Crippen LogP contribution in [0.25, 0.3) is 10.4 Å². The lowest BCUT2D eigenvalue weighted by Gasteiger charge is -2.30. The number of aliphatic imine (C=N–C) groups is 1. The van der Waals surface area contributed by atoms with E-state index in [1.807, 2.05) is 54.6 Å². The molecule has 2 atom stereocenters. The van der Waals surface area contributed by atoms with Gasteiger partial charge in [-0.2, -0.15) is 0 Å². The zero-order chi connectivity index (χ0) is 29.6. The van der Waals surface area contributed by atoms with Gasteiger partial charge >= 0.3 is 0 Å². The summed E-state index contributed by atoms with van der Waals surface area (Å²) >= 11 is 0. The van der Waals surface area contributed by atoms with Gasteiger partial charge in [-0.3, -0.25) is 10.2 Å². The number of hydrazine groups is 1. The van der Waals surface area contributed by atoms with Gasteiger partial charge in [0.15, 0.2) is 11.6 Å². The van der Waals surface area contributed by atoms with E-state index in [9.17, 15) is 4.79 Å². The van der Waals surface area contributed by atoms with Crippen LogP contribution in [0.5, 0.6) is 5.75 Å². The van der Waals surface area contributed by atoms with Gasteiger partial charge in [0, 0.05) is 36.5 Å². The lowest BCUT2D eigenvalue weighted by molar-refractivity contribution is -0.129. The molecular weight excluding hydrogens is 532 g/mol. The first-order valence-corrected chi connectivity index (χ1v) is 14.0. The zero-order valence-electron chi connectivity index (χ0n) is 23.5. The predicted molar refractivity (Wildman–Crippen MR) is 162 cm³/mol. The van der Waals surface area contributed by atoms with E-state index < -0.39 is 11.6 Å². The molecule has 0 radical (unpaired) electrons. The van der Waals surface area contributed by atoms with Gasteiger partial charge in [0.2, 0.25) is 5.90 Å². The fourth-order valence-electron chi connectivity index (χ4n) is 4.83. The highest BCUT2D eigenvalue weighted by Crippen LogP contribution is 2.44. The highest BCUT2D eigenvalue weighted by Gasteiger charge is 2.53. The Balaban J connectivity index is 1.60. The SMILES string of the molecule is C=CC[C@]1(C(=O)NNCCCc2ccccc2)N=C(c2ccc(OCCCO)cc2)O[C@H]1c1ccccc1CN=[N+]=[N-]. The molecule has 3 aromatic rings. The number of hydrogen-bond donors (Lipinski definition) is 3. The highest BCUT2D eigenvalue weighted by molar-refractivity contribution is 6.01. The van der Waals surface area contributed by atoms with Crippen molar-refractivity contribution in [3.05, 3.63) is 124 Å². The van der Waals surface area contributed by atoms with E-state index in [0.29, 0.717) is 42.3 Å². The summed E-state index contributed by atoms with van der Waals surface area (Å²) in [6.45, 7) is 5.04. The summed E-state index contributed by atoms with van der Waals surface area (Å²) in [7, 11) is 0. The zero-order valence-corrected chi connectivity index (χ0v) is 23.5. The standard InChI is InChI=1S/C32H36N6O4/c1-2-19-32(31(40)37-34-20-8-12-24-10-4-3-5-11-24)29(28-14-7-6-13-26(28)23-35-38-33)42-30(36-32)25-15-17-27(18-16-25)41-22-9-21-39/h2-7,10-11,13-18,29,34,39H,1,8-9,12,19-23H2,(H,37,40)/t29-,32-/m0/s1. The molecule has 1 aliphatic heterocycles. The predicted octanol–water partition coefficient (Wildman–Crippen LogP) is 5.34. The van der Waals surface area contributed by atoms with E-state index in [0.717, 1.165) is 18.4 Å². The molecule has 42 heavy (non-hydrogen) atoms. The molecule has 0 saturated heterocycles. The molecule has 0 aromatic heterocycles. The first-order chi connectivity index (χ1) is 20.6. The number of carbonyl (C=O) groups excluding carboxylic acids is 1. The summed E-state index contributed by atoms with van der Waals surface area (Å²) in [5, 5.41) is 12.8. The molecule has 4 rings (SSSR count). The van der Waals surface area contributed by atoms with Crippen molar-refractivity contribution < 1.29 is 19.4 Å². The van der Waals surface area contributed by atoms with Crippen molar-refractivity contribution in [2.45, 2.75) is 43.9 Å². The topological polar surface area (TPSA) is 141 Å². The molecule has 0 unspecified atom stereocenters. The number of nitrogens with zero attached hydrogens (tertiary/aromatic N) is 4. The van der Waals surface area contributed by atoms with E-state index in [1.165, 1.54) is 5.56 Å². The van der Waals surface area contributed by atoms with Crippen LogP contribution in [-0.4, -0.2) is 42.2 Å². The quantitative estimate of drug-likeness (QED) is 0.0534. The number of azide groups is 1. The summed E-state index contributed by atoms with van der Waals surface area (Å²) in [6, 6.07) is 24.8. The summed E-state index contributed by atoms with van der Waals surface area (Å²) in [6.07, 6.45) is 3.30. The third-order valence-corrected chi connectivity index (χ3v) is 6.94. The number of benzene rings is 3. The monoisotopic (exact) mass is 568 g/mol. The Hall–Kier alpha value is -4.63. The Bertz CT molecular complexity index is 1410. The minimum Gasteiger partial charge on any atom is -0.494 e. The number of amides is 1. The molecule has 1 amide bonds. The number of aliphatic hydroxyl groups is 1. The fourth-order valence-corrected chi connectivity index (χ4v) is 4.83. The van der Waals surface area contributed by atoms with Crippen molar-refractivity contribution in [3.8, 4) is 5.75 Å². The summed E-state index contributed by atoms with van der Waals surface area (Å²) < 4.78 is 12.1. The molecule has 10 nitrogen and oxygen atoms in total. The summed E-state index contributed by atoms with van der Waals surface area (Å²) in [4.78, 5) is 21.8. The first kappa shape index (κ1) is 30.3. The smallest absolute Gasteiger partial charge is 0.266 e. The Labute approximate surface area is 245 Å². The van der Waals surface area contributed by atoms with Crippen LogP contribution in [-0.2, 0) is 22.5 Å². The largest absolute Gasteiger partial charge is 0.494 e. The molecule has 3 N–H and O–H groups in total. The maximum Gasteiger partial charge on any atom is 0.266 e. The van der Waals surface area contributed by atoms with E-state index in [4.69, 9.17) is 25.1 Å². The molecule has 0 saturated carbocycles. The second-order valence-electron chi connectivity index (χ2n) is 9.84. The van der Waals surface area contributed by atoms with Crippen molar-refractivity contribution in [1.82, 2.24) is 10.9 Å². The molecule has 10 heteroatoms. The van der Waals surface area contributed by atoms with Crippen LogP contribution in [0.4, 0.5) is 0 Å². The first-order valence-electron chi connectivity index (χ1n) is 14.0. The number of nitrogens with one attached hydrogen (secondary N) is 2. The average Bonchev–Trinajstić information content (AvgIpc) is 3.41. The van der Waals surface area contributed by atoms with Crippen LogP contribution >= 0.6 is 0 Å². The summed E-state index contributed by atoms with van der Waals surface area (Å²) in [5.74, 6) is 0.600. The number of hydrogen-bond acceptors (Lipinski definition) is 7. The maximum atomic E-state index is 13.9. The molecule has 0 bridgehead atoms. The van der Waals surface area contributed by atoms with Crippen LogP contribution in [0.1, 0.15) is 47.6 Å². The van der Waals surface area contributed by atoms with Gasteiger partial charge in [0.25, 0.3) is 5.91 Å². The van der Waals surface area contributed by atoms with E-state index in [1.54, 1.807) is 18.2 Å². The van der Waals surface area contributed by atoms with Crippen molar-refractivity contribution in [2.75, 3.05) is 19.8 Å². The van der Waals surface area contributed by atoms with Crippen LogP contribution in [0, 0.1) is 0 Å². The molecule has 0 aliphatic carbocycles. The maximum absolute atomic E-state index is 13.9. The second-order valence-corrected chi connectivity index (χ2v) is 9.84. The van der Waals surface area contributed by atoms with E-state index >= 15 is 0 Å². The minimum absolute atomic E-state index is 0.0562. The number of aryl methyl sites for hydroxylation is 1. The van der Waals surface area contributed by atoms with Gasteiger partial charge in [-0.15, -0.1) is 6.58 Å². The van der Waals surface area contributed by atoms with Crippen LogP contribution in [0.15, 0.2) is 102 Å². The number of rotatable bonds is 16. The lowest BCUT2D eigenvalue weighted by atomic mass is 9.83. The minimum atomic E-state index is -1.37. The van der Waals surface area contributed by atoms with Gasteiger partial charge in [0.05, 0.1) is 13.2 Å². The average molecular weight is 569 g/mol. The number of ether oxygens (including phenoxy) is 2. The van der Waals surface area contributed by atoms with E-state index in [-0.39, 0.29) is 25.5 Å². The lowest BCUT2D eigenvalue weighted by Crippen LogP contribution is -2.52. The van der Waals surface area contributed by atoms with Crippen LogP contribution in [0.3, 0.4) is 0 Å². The van der Waals surface area contributed by atoms with Crippen molar-refractivity contribution in [1.29, 1.82) is 0 Å². The summed E-state index contributed by atoms with van der Waals surface area (Å²) in [5.41, 5.74) is 16.9. The molecule has 0 fully saturated rings. The Morgan fingerprint density at radius 2 is 1.88 bits per heavy atom. The molecule has 1 aliphatic rings. The van der Waals surface area contributed by atoms with Crippen molar-refractivity contribution in [2.24, 2.45) is 10.1 Å². The van der Waals surface area contributed by atoms with Gasteiger partial charge < -0.3 is 14.6 Å². The second kappa shape index (κ2) is 15.4. The molecule has 1 heterocycles. The van der Waals surface area contributed by atoms with Crippen LogP contribution < -0.4 is 15.6 Å². The molecule has 218 valence electrons. The molecular formula is C32H36N6O4. The van der Waals surface area contributed by atoms with Gasteiger partial charge in [-0.05, 0) is 59.3 Å². The molecule has 0 spiro atoms. The Kier molecular flexibility index (Phi) is 11.1. The fraction of sp³-hybridized carbons (Fsp3) is 0.312. The van der Waals surface area contributed by atoms with Gasteiger partial charge in [-0.1, -0.05) is 65.8 Å².